The van der Waals surface area contributed by atoms with Gasteiger partial charge < -0.3 is 30.1 Å². The van der Waals surface area contributed by atoms with E-state index in [0.29, 0.717) is 4.88 Å². The van der Waals surface area contributed by atoms with Crippen molar-refractivity contribution in [3.63, 3.8) is 0 Å². The van der Waals surface area contributed by atoms with Gasteiger partial charge in [-0.1, -0.05) is 23.4 Å². The summed E-state index contributed by atoms with van der Waals surface area (Å²) in [6, 6.07) is 8.53. The van der Waals surface area contributed by atoms with Crippen molar-refractivity contribution in [2.24, 2.45) is 0 Å². The predicted octanol–water partition coefficient (Wildman–Crippen LogP) is 2.15. The molecule has 2 aromatic heterocycles. The number of aromatic nitrogens is 3. The van der Waals surface area contributed by atoms with Gasteiger partial charge in [-0.3, -0.25) is 4.79 Å². The molecular weight excluding hydrogens is 553 g/mol. The Balaban J connectivity index is 1.31. The zero-order valence-electron chi connectivity index (χ0n) is 20.6. The summed E-state index contributed by atoms with van der Waals surface area (Å²) in [5.41, 5.74) is -0.196. The van der Waals surface area contributed by atoms with Gasteiger partial charge >= 0.3 is 0 Å². The second kappa shape index (κ2) is 10.2. The fourth-order valence-electron chi connectivity index (χ4n) is 5.27. The Bertz CT molecular complexity index is 1530. The Morgan fingerprint density at radius 3 is 2.65 bits per heavy atom. The normalized spacial score (nSPS) is 28.4. The van der Waals surface area contributed by atoms with Gasteiger partial charge in [0.15, 0.2) is 17.5 Å². The first kappa shape index (κ1) is 26.8. The number of carbonyl (C=O) groups is 1. The van der Waals surface area contributed by atoms with Crippen molar-refractivity contribution in [3.05, 3.63) is 71.0 Å². The zero-order valence-corrected chi connectivity index (χ0v) is 21.4. The van der Waals surface area contributed by atoms with E-state index in [-0.39, 0.29) is 24.3 Å². The Hall–Kier alpha value is -3.40. The van der Waals surface area contributed by atoms with Crippen molar-refractivity contribution in [1.29, 1.82) is 0 Å². The number of benzene rings is 2. The quantitative estimate of drug-likeness (QED) is 0.265. The van der Waals surface area contributed by atoms with E-state index < -0.39 is 66.1 Å². The molecule has 4 heterocycles. The van der Waals surface area contributed by atoms with E-state index in [1.54, 1.807) is 6.07 Å². The molecule has 2 aliphatic rings. The fraction of sp³-hybridized carbons (Fsp3) is 0.346. The van der Waals surface area contributed by atoms with Crippen molar-refractivity contribution in [1.82, 2.24) is 20.3 Å². The van der Waals surface area contributed by atoms with E-state index in [1.165, 1.54) is 17.5 Å². The van der Waals surface area contributed by atoms with Gasteiger partial charge in [-0.15, -0.1) is 16.4 Å². The van der Waals surface area contributed by atoms with Crippen LogP contribution in [-0.2, 0) is 9.47 Å². The Morgan fingerprint density at radius 1 is 1.18 bits per heavy atom. The summed E-state index contributed by atoms with van der Waals surface area (Å²) >= 11 is 1.30. The summed E-state index contributed by atoms with van der Waals surface area (Å²) in [6.45, 7) is -0.575. The summed E-state index contributed by atoms with van der Waals surface area (Å²) in [6.07, 6.45) is -2.97. The van der Waals surface area contributed by atoms with Gasteiger partial charge in [-0.2, -0.15) is 0 Å². The molecule has 4 aromatic rings. The van der Waals surface area contributed by atoms with Crippen LogP contribution >= 0.6 is 11.3 Å². The highest BCUT2D eigenvalue weighted by Crippen LogP contribution is 2.43. The van der Waals surface area contributed by atoms with Crippen LogP contribution in [-0.4, -0.2) is 79.6 Å². The maximum atomic E-state index is 13.8. The molecule has 10 nitrogen and oxygen atoms in total. The average molecular weight is 577 g/mol. The van der Waals surface area contributed by atoms with Crippen LogP contribution in [0.2, 0.25) is 0 Å². The number of halogens is 3. The average Bonchev–Trinajstić information content (AvgIpc) is 3.68. The summed E-state index contributed by atoms with van der Waals surface area (Å²) in [7, 11) is 0. The second-order valence-electron chi connectivity index (χ2n) is 9.64. The van der Waals surface area contributed by atoms with Crippen LogP contribution in [0.3, 0.4) is 0 Å². The number of fused-ring (bicyclic) bond motifs is 1. The number of ether oxygens (including phenoxy) is 2. The molecule has 0 unspecified atom stereocenters. The molecule has 6 rings (SSSR count). The van der Waals surface area contributed by atoms with Crippen molar-refractivity contribution in [3.8, 4) is 11.3 Å². The summed E-state index contributed by atoms with van der Waals surface area (Å²) in [5.74, 6) is -6.78. The minimum absolute atomic E-state index is 0.0692. The number of aliphatic hydroxyl groups is 3. The zero-order chi connectivity index (χ0) is 28.2. The lowest BCUT2D eigenvalue weighted by molar-refractivity contribution is -0.344. The molecule has 2 aliphatic heterocycles. The third-order valence-electron chi connectivity index (χ3n) is 7.25. The summed E-state index contributed by atoms with van der Waals surface area (Å²) in [4.78, 5) is 13.6. The van der Waals surface area contributed by atoms with E-state index >= 15 is 0 Å². The number of amides is 1. The van der Waals surface area contributed by atoms with Crippen LogP contribution in [0.5, 0.6) is 0 Å². The van der Waals surface area contributed by atoms with Crippen molar-refractivity contribution < 1.29 is 42.8 Å². The van der Waals surface area contributed by atoms with E-state index in [1.807, 2.05) is 24.3 Å². The summed E-state index contributed by atoms with van der Waals surface area (Å²) < 4.78 is 54.8. The van der Waals surface area contributed by atoms with Gasteiger partial charge in [-0.05, 0) is 36.1 Å². The van der Waals surface area contributed by atoms with E-state index in [9.17, 15) is 33.3 Å². The third kappa shape index (κ3) is 4.36. The first-order valence-electron chi connectivity index (χ1n) is 12.4. The fourth-order valence-corrected chi connectivity index (χ4v) is 6.23. The van der Waals surface area contributed by atoms with Gasteiger partial charge in [0.05, 0.1) is 30.3 Å². The molecule has 0 aliphatic carbocycles. The molecule has 2 fully saturated rings. The second-order valence-corrected chi connectivity index (χ2v) is 10.7. The van der Waals surface area contributed by atoms with Crippen LogP contribution in [0.4, 0.5) is 13.2 Å². The lowest BCUT2D eigenvalue weighted by Gasteiger charge is -2.49. The monoisotopic (exact) mass is 576 g/mol. The van der Waals surface area contributed by atoms with Crippen molar-refractivity contribution in [2.45, 2.75) is 42.6 Å². The van der Waals surface area contributed by atoms with Crippen LogP contribution < -0.4 is 5.32 Å². The molecule has 2 aromatic carbocycles. The number of hydrogen-bond acceptors (Lipinski definition) is 9. The maximum absolute atomic E-state index is 13.8. The Morgan fingerprint density at radius 2 is 1.93 bits per heavy atom. The summed E-state index contributed by atoms with van der Waals surface area (Å²) in [5, 5.41) is 44.0. The lowest BCUT2D eigenvalue weighted by Crippen LogP contribution is -2.68. The molecular formula is C26H23F3N4O6S. The number of nitrogens with one attached hydrogen (secondary N) is 1. The first-order chi connectivity index (χ1) is 19.2. The molecule has 0 saturated carbocycles. The minimum Gasteiger partial charge on any atom is -0.394 e. The molecule has 4 N–H and O–H groups in total. The van der Waals surface area contributed by atoms with Gasteiger partial charge in [0.1, 0.15) is 30.0 Å². The number of nitrogens with zero attached hydrogens (tertiary/aromatic N) is 3. The van der Waals surface area contributed by atoms with Crippen LogP contribution in [0.1, 0.15) is 22.1 Å². The van der Waals surface area contributed by atoms with E-state index in [2.05, 4.69) is 15.6 Å². The lowest BCUT2D eigenvalue weighted by atomic mass is 9.86. The van der Waals surface area contributed by atoms with Gasteiger partial charge in [0.2, 0.25) is 5.79 Å². The number of aliphatic hydroxyl groups excluding tert-OH is 3. The molecule has 210 valence electrons. The molecule has 14 heteroatoms. The van der Waals surface area contributed by atoms with Crippen LogP contribution in [0.25, 0.3) is 21.3 Å². The number of carbonyl (C=O) groups excluding carboxylic acids is 1. The topological polar surface area (TPSA) is 139 Å². The van der Waals surface area contributed by atoms with E-state index in [4.69, 9.17) is 9.47 Å². The number of hydrogen-bond donors (Lipinski definition) is 4. The van der Waals surface area contributed by atoms with Crippen LogP contribution in [0, 0.1) is 17.5 Å². The van der Waals surface area contributed by atoms with E-state index in [0.717, 1.165) is 26.9 Å². The standard InChI is InChI=1S/C26H23F3N4O6S/c27-14-7-13(8-15(28)21(14)29)16-10-33(32-31-16)22-23(35)17(11-34)39-26(24(22)36)20(5-6-38-26)30-25(37)19-9-12-3-1-2-4-18(12)40-19/h1-4,7-10,17,20,22-24,34-36H,5-6,11H2,(H,30,37)/t17-,20-,22+,23+,24-,26+/m1/s1. The maximum Gasteiger partial charge on any atom is 0.261 e. The molecule has 0 bridgehead atoms. The minimum atomic E-state index is -1.87. The van der Waals surface area contributed by atoms with Gasteiger partial charge in [0, 0.05) is 10.3 Å². The largest absolute Gasteiger partial charge is 0.394 e. The Labute approximate surface area is 228 Å². The van der Waals surface area contributed by atoms with Gasteiger partial charge in [-0.25, -0.2) is 17.9 Å². The molecule has 40 heavy (non-hydrogen) atoms. The molecule has 1 spiro atoms. The SMILES string of the molecule is O=C(N[C@@H]1CCO[C@]12O[C@H](CO)[C@H](O)[C@H](n1cc(-c3cc(F)c(F)c(F)c3)nn1)[C@H]2O)c1cc2ccccc2s1. The molecule has 2 saturated heterocycles. The highest BCUT2D eigenvalue weighted by Gasteiger charge is 2.62. The predicted molar refractivity (Wildman–Crippen MR) is 135 cm³/mol. The highest BCUT2D eigenvalue weighted by molar-refractivity contribution is 7.20. The third-order valence-corrected chi connectivity index (χ3v) is 8.37. The molecule has 1 amide bonds. The van der Waals surface area contributed by atoms with Crippen molar-refractivity contribution >= 4 is 27.3 Å². The first-order valence-corrected chi connectivity index (χ1v) is 13.2. The number of thiophene rings is 1. The molecule has 6 atom stereocenters. The van der Waals surface area contributed by atoms with Crippen molar-refractivity contribution in [2.75, 3.05) is 13.2 Å². The highest BCUT2D eigenvalue weighted by atomic mass is 32.1. The Kier molecular flexibility index (Phi) is 6.84. The molecule has 0 radical (unpaired) electrons. The smallest absolute Gasteiger partial charge is 0.261 e. The van der Waals surface area contributed by atoms with Gasteiger partial charge in [0.25, 0.3) is 5.91 Å². The number of rotatable bonds is 5. The van der Waals surface area contributed by atoms with Crippen LogP contribution in [0.15, 0.2) is 48.7 Å².